The van der Waals surface area contributed by atoms with Crippen molar-refractivity contribution in [3.8, 4) is 6.07 Å². The summed E-state index contributed by atoms with van der Waals surface area (Å²) in [6.45, 7) is 0. The van der Waals surface area contributed by atoms with E-state index < -0.39 is 5.54 Å². The largest absolute Gasteiger partial charge is 0.337 e. The SMILES string of the molecule is N#CC1(NC(=O)CSc2nccc(=O)[nH]2)CCCC1. The van der Waals surface area contributed by atoms with Crippen molar-refractivity contribution in [3.63, 3.8) is 0 Å². The fraction of sp³-hybridized carbons (Fsp3) is 0.500. The number of nitrogens with zero attached hydrogens (tertiary/aromatic N) is 2. The number of carbonyl (C=O) groups excluding carboxylic acids is 1. The van der Waals surface area contributed by atoms with E-state index in [2.05, 4.69) is 21.4 Å². The van der Waals surface area contributed by atoms with Gasteiger partial charge in [0, 0.05) is 12.3 Å². The van der Waals surface area contributed by atoms with Gasteiger partial charge in [0.1, 0.15) is 5.54 Å². The van der Waals surface area contributed by atoms with Crippen LogP contribution in [0.5, 0.6) is 0 Å². The summed E-state index contributed by atoms with van der Waals surface area (Å²) >= 11 is 1.15. The molecular weight excluding hydrogens is 264 g/mol. The highest BCUT2D eigenvalue weighted by molar-refractivity contribution is 7.99. The first kappa shape index (κ1) is 13.6. The fourth-order valence-corrected chi connectivity index (χ4v) is 2.75. The van der Waals surface area contributed by atoms with E-state index in [0.29, 0.717) is 18.0 Å². The van der Waals surface area contributed by atoms with Gasteiger partial charge < -0.3 is 10.3 Å². The minimum Gasteiger partial charge on any atom is -0.337 e. The Kier molecular flexibility index (Phi) is 4.22. The lowest BCUT2D eigenvalue weighted by atomic mass is 10.0. The Morgan fingerprint density at radius 3 is 2.95 bits per heavy atom. The maximum atomic E-state index is 11.8. The van der Waals surface area contributed by atoms with Crippen LogP contribution in [0.25, 0.3) is 0 Å². The Morgan fingerprint density at radius 2 is 2.32 bits per heavy atom. The molecule has 19 heavy (non-hydrogen) atoms. The van der Waals surface area contributed by atoms with Crippen LogP contribution in [0.1, 0.15) is 25.7 Å². The van der Waals surface area contributed by atoms with Crippen molar-refractivity contribution in [1.82, 2.24) is 15.3 Å². The first-order valence-corrected chi connectivity index (χ1v) is 7.02. The lowest BCUT2D eigenvalue weighted by Gasteiger charge is -2.21. The van der Waals surface area contributed by atoms with Crippen molar-refractivity contribution in [2.75, 3.05) is 5.75 Å². The molecule has 0 aromatic carbocycles. The summed E-state index contributed by atoms with van der Waals surface area (Å²) in [6.07, 6.45) is 4.75. The summed E-state index contributed by atoms with van der Waals surface area (Å²) in [4.78, 5) is 29.4. The first-order chi connectivity index (χ1) is 9.13. The molecule has 0 aliphatic heterocycles. The first-order valence-electron chi connectivity index (χ1n) is 6.04. The monoisotopic (exact) mass is 278 g/mol. The summed E-state index contributed by atoms with van der Waals surface area (Å²) in [7, 11) is 0. The third-order valence-electron chi connectivity index (χ3n) is 3.04. The van der Waals surface area contributed by atoms with E-state index in [0.717, 1.165) is 24.6 Å². The second-order valence-corrected chi connectivity index (χ2v) is 5.44. The zero-order valence-corrected chi connectivity index (χ0v) is 11.1. The van der Waals surface area contributed by atoms with Crippen molar-refractivity contribution in [2.24, 2.45) is 0 Å². The Balaban J connectivity index is 1.88. The molecule has 1 aromatic rings. The van der Waals surface area contributed by atoms with Crippen LogP contribution in [0.2, 0.25) is 0 Å². The molecule has 1 aliphatic rings. The van der Waals surface area contributed by atoms with E-state index in [1.54, 1.807) is 0 Å². The van der Waals surface area contributed by atoms with Crippen molar-refractivity contribution >= 4 is 17.7 Å². The standard InChI is InChI=1S/C12H14N4O2S/c13-8-12(4-1-2-5-12)16-10(18)7-19-11-14-6-3-9(17)15-11/h3,6H,1-2,4-5,7H2,(H,16,18)(H,14,15,17). The Labute approximate surface area is 114 Å². The zero-order valence-electron chi connectivity index (χ0n) is 10.3. The van der Waals surface area contributed by atoms with Crippen molar-refractivity contribution < 1.29 is 4.79 Å². The highest BCUT2D eigenvalue weighted by Gasteiger charge is 2.35. The minimum absolute atomic E-state index is 0.135. The van der Waals surface area contributed by atoms with Crippen LogP contribution in [-0.4, -0.2) is 27.2 Å². The third kappa shape index (κ3) is 3.58. The second kappa shape index (κ2) is 5.89. The van der Waals surface area contributed by atoms with Crippen LogP contribution in [0, 0.1) is 11.3 Å². The number of hydrogen-bond donors (Lipinski definition) is 2. The van der Waals surface area contributed by atoms with Gasteiger partial charge in [-0.1, -0.05) is 11.8 Å². The quantitative estimate of drug-likeness (QED) is 0.627. The number of carbonyl (C=O) groups is 1. The number of aromatic amines is 1. The molecule has 1 saturated carbocycles. The van der Waals surface area contributed by atoms with E-state index >= 15 is 0 Å². The maximum absolute atomic E-state index is 11.8. The van der Waals surface area contributed by atoms with Gasteiger partial charge in [0.25, 0.3) is 5.56 Å². The second-order valence-electron chi connectivity index (χ2n) is 4.48. The summed E-state index contributed by atoms with van der Waals surface area (Å²) < 4.78 is 0. The van der Waals surface area contributed by atoms with Crippen LogP contribution >= 0.6 is 11.8 Å². The van der Waals surface area contributed by atoms with Gasteiger partial charge in [0.15, 0.2) is 5.16 Å². The molecule has 0 bridgehead atoms. The van der Waals surface area contributed by atoms with Gasteiger partial charge in [-0.05, 0) is 25.7 Å². The molecule has 0 saturated heterocycles. The van der Waals surface area contributed by atoms with E-state index in [9.17, 15) is 9.59 Å². The number of rotatable bonds is 4. The Hall–Kier alpha value is -1.81. The van der Waals surface area contributed by atoms with Gasteiger partial charge in [-0.15, -0.1) is 0 Å². The maximum Gasteiger partial charge on any atom is 0.251 e. The lowest BCUT2D eigenvalue weighted by Crippen LogP contribution is -2.45. The van der Waals surface area contributed by atoms with Crippen LogP contribution < -0.4 is 10.9 Å². The molecule has 0 unspecified atom stereocenters. The Bertz CT molecular complexity index is 557. The van der Waals surface area contributed by atoms with Gasteiger partial charge >= 0.3 is 0 Å². The highest BCUT2D eigenvalue weighted by atomic mass is 32.2. The van der Waals surface area contributed by atoms with Crippen molar-refractivity contribution in [2.45, 2.75) is 36.4 Å². The third-order valence-corrected chi connectivity index (χ3v) is 3.93. The van der Waals surface area contributed by atoms with E-state index in [4.69, 9.17) is 5.26 Å². The number of nitriles is 1. The van der Waals surface area contributed by atoms with Crippen LogP contribution in [-0.2, 0) is 4.79 Å². The molecule has 7 heteroatoms. The normalized spacial score (nSPS) is 16.8. The smallest absolute Gasteiger partial charge is 0.251 e. The average molecular weight is 278 g/mol. The fourth-order valence-electron chi connectivity index (χ4n) is 2.11. The van der Waals surface area contributed by atoms with Crippen molar-refractivity contribution in [3.05, 3.63) is 22.6 Å². The number of H-pyrrole nitrogens is 1. The topological polar surface area (TPSA) is 98.6 Å². The molecule has 0 spiro atoms. The Morgan fingerprint density at radius 1 is 1.58 bits per heavy atom. The number of hydrogen-bond acceptors (Lipinski definition) is 5. The molecule has 1 fully saturated rings. The van der Waals surface area contributed by atoms with E-state index in [1.807, 2.05) is 0 Å². The summed E-state index contributed by atoms with van der Waals surface area (Å²) in [5, 5.41) is 12.3. The lowest BCUT2D eigenvalue weighted by molar-refractivity contribution is -0.119. The molecule has 1 heterocycles. The molecule has 2 rings (SSSR count). The summed E-state index contributed by atoms with van der Waals surface area (Å²) in [5.74, 6) is -0.0731. The van der Waals surface area contributed by atoms with Gasteiger partial charge in [-0.3, -0.25) is 9.59 Å². The molecule has 6 nitrogen and oxygen atoms in total. The number of amides is 1. The molecular formula is C12H14N4O2S. The average Bonchev–Trinajstić information content (AvgIpc) is 2.86. The predicted octanol–water partition coefficient (Wildman–Crippen LogP) is 0.815. The van der Waals surface area contributed by atoms with Crippen molar-refractivity contribution in [1.29, 1.82) is 5.26 Å². The summed E-state index contributed by atoms with van der Waals surface area (Å²) in [6, 6.07) is 3.51. The number of aromatic nitrogens is 2. The molecule has 0 radical (unpaired) electrons. The van der Waals surface area contributed by atoms with E-state index in [-0.39, 0.29) is 17.2 Å². The molecule has 1 amide bonds. The zero-order chi connectivity index (χ0) is 13.7. The predicted molar refractivity (Wildman–Crippen MR) is 70.5 cm³/mol. The van der Waals surface area contributed by atoms with Gasteiger partial charge in [0.05, 0.1) is 11.8 Å². The van der Waals surface area contributed by atoms with Crippen LogP contribution in [0.4, 0.5) is 0 Å². The molecule has 2 N–H and O–H groups in total. The number of thioether (sulfide) groups is 1. The van der Waals surface area contributed by atoms with Gasteiger partial charge in [-0.25, -0.2) is 4.98 Å². The molecule has 1 aromatic heterocycles. The summed E-state index contributed by atoms with van der Waals surface area (Å²) in [5.41, 5.74) is -0.947. The molecule has 0 atom stereocenters. The van der Waals surface area contributed by atoms with Crippen LogP contribution in [0.15, 0.2) is 22.2 Å². The van der Waals surface area contributed by atoms with E-state index in [1.165, 1.54) is 12.3 Å². The molecule has 1 aliphatic carbocycles. The highest BCUT2D eigenvalue weighted by Crippen LogP contribution is 2.29. The van der Waals surface area contributed by atoms with Gasteiger partial charge in [0.2, 0.25) is 5.91 Å². The van der Waals surface area contributed by atoms with Crippen LogP contribution in [0.3, 0.4) is 0 Å². The molecule has 100 valence electrons. The minimum atomic E-state index is -0.699. The number of nitrogens with one attached hydrogen (secondary N) is 2. The van der Waals surface area contributed by atoms with Gasteiger partial charge in [-0.2, -0.15) is 5.26 Å².